The second-order valence-corrected chi connectivity index (χ2v) is 23.0. The topological polar surface area (TPSA) is 347 Å². The van der Waals surface area contributed by atoms with E-state index in [0.29, 0.717) is 117 Å². The number of phenols is 1. The summed E-state index contributed by atoms with van der Waals surface area (Å²) in [5.74, 6) is -2.67. The second-order valence-electron chi connectivity index (χ2n) is 23.0. The molecule has 1 aromatic carbocycles. The van der Waals surface area contributed by atoms with E-state index < -0.39 is 46.9 Å². The van der Waals surface area contributed by atoms with Crippen LogP contribution in [0.25, 0.3) is 0 Å². The zero-order valence-electron chi connectivity index (χ0n) is 52.3. The van der Waals surface area contributed by atoms with E-state index >= 15 is 0 Å². The van der Waals surface area contributed by atoms with Crippen LogP contribution in [-0.4, -0.2) is 200 Å². The lowest BCUT2D eigenvalue weighted by molar-refractivity contribution is -0.160. The maximum Gasteiger partial charge on any atom is 0.407 e. The number of carbonyl (C=O) groups is 8. The third kappa shape index (κ3) is 46.2. The maximum atomic E-state index is 12.9. The summed E-state index contributed by atoms with van der Waals surface area (Å²) in [7, 11) is 0. The van der Waals surface area contributed by atoms with E-state index in [1.807, 2.05) is 20.8 Å². The van der Waals surface area contributed by atoms with Gasteiger partial charge in [-0.15, -0.1) is 0 Å². The number of hydrogen-bond acceptors (Lipinski definition) is 20. The van der Waals surface area contributed by atoms with Crippen LogP contribution in [0.15, 0.2) is 18.2 Å². The Morgan fingerprint density at radius 2 is 0.953 bits per heavy atom. The molecule has 85 heavy (non-hydrogen) atoms. The Balaban J connectivity index is 2.05. The lowest BCUT2D eigenvalue weighted by Gasteiger charge is -2.27. The highest BCUT2D eigenvalue weighted by atomic mass is 16.6. The van der Waals surface area contributed by atoms with Crippen LogP contribution in [0.3, 0.4) is 0 Å². The number of ether oxygens (including phenoxy) is 10. The van der Waals surface area contributed by atoms with Crippen LogP contribution >= 0.6 is 0 Å². The van der Waals surface area contributed by atoms with Gasteiger partial charge in [0.05, 0.1) is 117 Å². The smallest absolute Gasteiger partial charge is 0.407 e. The van der Waals surface area contributed by atoms with Crippen molar-refractivity contribution >= 4 is 53.3 Å². The lowest BCUT2D eigenvalue weighted by atomic mass is 9.95. The summed E-state index contributed by atoms with van der Waals surface area (Å²) in [6.45, 7) is 23.1. The first kappa shape index (κ1) is 77.3. The van der Waals surface area contributed by atoms with Gasteiger partial charge in [-0.2, -0.15) is 0 Å². The molecule has 1 rings (SSSR count). The molecule has 1 aromatic rings. The van der Waals surface area contributed by atoms with Gasteiger partial charge in [0.25, 0.3) is 0 Å². The average molecular weight is 1210 g/mol. The molecular formula is C59H103N7O19. The van der Waals surface area contributed by atoms with Gasteiger partial charge < -0.3 is 90.1 Å². The summed E-state index contributed by atoms with van der Waals surface area (Å²) < 4.78 is 54.2. The number of hydrogen-bond donors (Lipinski definition) is 8. The zero-order valence-corrected chi connectivity index (χ0v) is 52.3. The van der Waals surface area contributed by atoms with Crippen molar-refractivity contribution in [2.45, 2.75) is 169 Å². The number of benzene rings is 1. The molecule has 0 aliphatic heterocycles. The van der Waals surface area contributed by atoms with E-state index in [-0.39, 0.29) is 125 Å². The number of nitrogens with two attached hydrogens (primary N) is 1. The molecular weight excluding hydrogens is 1110 g/mol. The molecule has 3 atom stereocenters. The summed E-state index contributed by atoms with van der Waals surface area (Å²) in [5.41, 5.74) is 4.98. The Morgan fingerprint density at radius 1 is 0.506 bits per heavy atom. The number of unbranched alkanes of at least 4 members (excludes halogenated alkanes) is 1. The highest BCUT2D eigenvalue weighted by molar-refractivity contribution is 5.92. The number of carbonyl (C=O) groups excluding carboxylic acids is 8. The first-order valence-electron chi connectivity index (χ1n) is 29.6. The van der Waals surface area contributed by atoms with Crippen LogP contribution in [0.4, 0.5) is 10.5 Å². The van der Waals surface area contributed by atoms with Gasteiger partial charge in [-0.1, -0.05) is 13.0 Å². The Labute approximate surface area is 503 Å². The number of alkyl carbamates (subject to hydrolysis) is 1. The fourth-order valence-electron chi connectivity index (χ4n) is 7.36. The summed E-state index contributed by atoms with van der Waals surface area (Å²) in [5, 5.41) is 27.2. The molecule has 0 unspecified atom stereocenters. The van der Waals surface area contributed by atoms with E-state index in [0.717, 1.165) is 0 Å². The zero-order chi connectivity index (χ0) is 63.5. The number of phenolic OH excluding ortho intramolecular Hbond substituents is 1. The number of aromatic hydroxyl groups is 1. The van der Waals surface area contributed by atoms with Crippen molar-refractivity contribution in [2.24, 2.45) is 11.7 Å². The van der Waals surface area contributed by atoms with Crippen LogP contribution in [0.1, 0.15) is 139 Å². The molecule has 9 N–H and O–H groups in total. The fraction of sp³-hybridized carbons (Fsp3) is 0.763. The highest BCUT2D eigenvalue weighted by Gasteiger charge is 2.28. The van der Waals surface area contributed by atoms with Gasteiger partial charge in [-0.25, -0.2) is 4.79 Å². The molecule has 0 bridgehead atoms. The molecule has 0 aliphatic rings. The van der Waals surface area contributed by atoms with Crippen molar-refractivity contribution in [3.63, 3.8) is 0 Å². The lowest BCUT2D eigenvalue weighted by Crippen LogP contribution is -2.42. The standard InChI is InChI=1S/C59H103N7O19/c1-43(55(74)84-58(5,6)7)40-45(65-56(75)85-59(8,9)10)41-44-16-17-48(67)47(42-44)66-52(71)15-13-23-64-54(73)46(60)14-11-12-22-61-49(68)18-26-77-34-38-82-39-35-78-28-20-51(70)62-24-30-80-36-32-76-27-19-50(69)63-25-31-81-37-33-79-29-21-53(72)83-57(2,3)4/h16-17,42-43,45-46,67H,11-15,18-41,60H2,1-10H3,(H,61,68)(H,62,70)(H,63,69)(H,64,73)(H,65,75)(H,66,71)/t43-,45+,46-/m0/s1. The van der Waals surface area contributed by atoms with Gasteiger partial charge in [-0.05, 0) is 119 Å². The van der Waals surface area contributed by atoms with Gasteiger partial charge in [-0.3, -0.25) is 33.6 Å². The minimum atomic E-state index is -0.763. The van der Waals surface area contributed by atoms with Gasteiger partial charge in [0.1, 0.15) is 22.6 Å². The highest BCUT2D eigenvalue weighted by Crippen LogP contribution is 2.26. The summed E-state index contributed by atoms with van der Waals surface area (Å²) >= 11 is 0. The Kier molecular flexibility index (Phi) is 40.6. The van der Waals surface area contributed by atoms with Crippen molar-refractivity contribution < 1.29 is 90.8 Å². The maximum absolute atomic E-state index is 12.9. The Morgan fingerprint density at radius 3 is 1.45 bits per heavy atom. The van der Waals surface area contributed by atoms with Gasteiger partial charge in [0.15, 0.2) is 0 Å². The van der Waals surface area contributed by atoms with Crippen molar-refractivity contribution in [3.05, 3.63) is 23.8 Å². The number of amides is 6. The second kappa shape index (κ2) is 44.7. The van der Waals surface area contributed by atoms with Gasteiger partial charge in [0.2, 0.25) is 29.5 Å². The van der Waals surface area contributed by atoms with E-state index in [1.54, 1.807) is 60.6 Å². The molecule has 0 saturated heterocycles. The molecule has 0 fully saturated rings. The van der Waals surface area contributed by atoms with Gasteiger partial charge in [0, 0.05) is 57.9 Å². The van der Waals surface area contributed by atoms with Crippen molar-refractivity contribution in [2.75, 3.05) is 124 Å². The van der Waals surface area contributed by atoms with E-state index in [4.69, 9.17) is 53.1 Å². The normalized spacial score (nSPS) is 12.7. The van der Waals surface area contributed by atoms with E-state index in [2.05, 4.69) is 31.9 Å². The predicted molar refractivity (Wildman–Crippen MR) is 316 cm³/mol. The fourth-order valence-corrected chi connectivity index (χ4v) is 7.36. The Bertz CT molecular complexity index is 2100. The predicted octanol–water partition coefficient (Wildman–Crippen LogP) is 3.90. The summed E-state index contributed by atoms with van der Waals surface area (Å²) in [6.07, 6.45) is 2.57. The SMILES string of the molecule is C[C@@H](C[C@H](Cc1ccc(O)c(NC(=O)CCCNC(=O)[C@@H](N)CCCCNC(=O)CCOCCOCCOCCC(=O)NCCOCCOCCC(=O)NCCOCCOCCC(=O)OC(C)(C)C)c1)NC(=O)OC(C)(C)C)C(=O)OC(C)(C)C. The molecule has 26 nitrogen and oxygen atoms in total. The van der Waals surface area contributed by atoms with E-state index in [1.165, 1.54) is 6.07 Å². The number of anilines is 1. The summed E-state index contributed by atoms with van der Waals surface area (Å²) in [4.78, 5) is 98.8. The molecule has 0 radical (unpaired) electrons. The monoisotopic (exact) mass is 1210 g/mol. The molecule has 0 spiro atoms. The number of nitrogens with one attached hydrogen (secondary N) is 6. The molecule has 6 amide bonds. The average Bonchev–Trinajstić information content (AvgIpc) is 3.62. The van der Waals surface area contributed by atoms with Crippen molar-refractivity contribution in [3.8, 4) is 5.75 Å². The molecule has 0 aliphatic carbocycles. The summed E-state index contributed by atoms with van der Waals surface area (Å²) in [6, 6.07) is 3.39. The largest absolute Gasteiger partial charge is 0.506 e. The molecule has 0 aromatic heterocycles. The molecule has 0 heterocycles. The molecule has 0 saturated carbocycles. The number of rotatable bonds is 47. The minimum absolute atomic E-state index is 0.0451. The minimum Gasteiger partial charge on any atom is -0.506 e. The van der Waals surface area contributed by atoms with Crippen LogP contribution in [-0.2, 0) is 87.4 Å². The van der Waals surface area contributed by atoms with Crippen LogP contribution in [0.2, 0.25) is 0 Å². The van der Waals surface area contributed by atoms with Gasteiger partial charge >= 0.3 is 18.0 Å². The number of esters is 2. The van der Waals surface area contributed by atoms with Crippen LogP contribution in [0, 0.1) is 5.92 Å². The third-order valence-corrected chi connectivity index (χ3v) is 11.4. The third-order valence-electron chi connectivity index (χ3n) is 11.4. The quantitative estimate of drug-likeness (QED) is 0.0199. The van der Waals surface area contributed by atoms with Crippen LogP contribution < -0.4 is 37.6 Å². The molecule has 488 valence electrons. The van der Waals surface area contributed by atoms with Crippen molar-refractivity contribution in [1.82, 2.24) is 26.6 Å². The Hall–Kier alpha value is -5.74. The molecule has 26 heteroatoms. The first-order valence-corrected chi connectivity index (χ1v) is 29.6. The van der Waals surface area contributed by atoms with E-state index in [9.17, 15) is 43.5 Å². The first-order chi connectivity index (χ1) is 40.1. The van der Waals surface area contributed by atoms with Crippen LogP contribution in [0.5, 0.6) is 5.75 Å². The van der Waals surface area contributed by atoms with Crippen molar-refractivity contribution in [1.29, 1.82) is 0 Å².